The van der Waals surface area contributed by atoms with Crippen molar-refractivity contribution in [2.75, 3.05) is 0 Å². The quantitative estimate of drug-likeness (QED) is 0.637. The molecule has 0 amide bonds. The Morgan fingerprint density at radius 2 is 1.91 bits per heavy atom. The molecule has 1 rings (SSSR count). The highest BCUT2D eigenvalue weighted by atomic mass is 14.6. The highest BCUT2D eigenvalue weighted by molar-refractivity contribution is 5.40. The molecule has 1 heterocycles. The molecule has 0 spiro atoms. The van der Waals surface area contributed by atoms with Crippen LogP contribution in [0.2, 0.25) is 0 Å². The molecule has 0 aliphatic heterocycles. The molecule has 1 aromatic heterocycles. The van der Waals surface area contributed by atoms with E-state index in [4.69, 9.17) is 0 Å². The largest absolute Gasteiger partial charge is 0.361 e. The molecule has 11 heavy (non-hydrogen) atoms. The van der Waals surface area contributed by atoms with Gasteiger partial charge in [-0.2, -0.15) is 0 Å². The zero-order chi connectivity index (χ0) is 8.10. The predicted octanol–water partition coefficient (Wildman–Crippen LogP) is 0.948. The molecule has 1 nitrogen and oxygen atoms in total. The lowest BCUT2D eigenvalue weighted by atomic mass is 10.3. The Bertz CT molecular complexity index is 320. The van der Waals surface area contributed by atoms with Crippen LogP contribution in [0.1, 0.15) is 0 Å². The molecule has 0 fully saturated rings. The highest BCUT2D eigenvalue weighted by Gasteiger charge is 1.80. The molecule has 0 unspecified atom stereocenters. The maximum atomic E-state index is 3.63. The zero-order valence-corrected chi connectivity index (χ0v) is 6.38. The van der Waals surface area contributed by atoms with Gasteiger partial charge in [-0.3, -0.25) is 0 Å². The number of H-pyrrole nitrogens is 1. The van der Waals surface area contributed by atoms with Crippen LogP contribution in [0, 0.1) is 0 Å². The van der Waals surface area contributed by atoms with E-state index in [-0.39, 0.29) is 0 Å². The van der Waals surface area contributed by atoms with Gasteiger partial charge in [-0.15, -0.1) is 0 Å². The average Bonchev–Trinajstić information content (AvgIpc) is 2.39. The number of allylic oxidation sites excluding steroid dienone is 2. The van der Waals surface area contributed by atoms with E-state index < -0.39 is 0 Å². The van der Waals surface area contributed by atoms with Crippen molar-refractivity contribution in [3.05, 3.63) is 48.1 Å². The molecule has 0 aromatic carbocycles. The summed E-state index contributed by atoms with van der Waals surface area (Å²) >= 11 is 0. The van der Waals surface area contributed by atoms with Crippen molar-refractivity contribution in [1.29, 1.82) is 0 Å². The van der Waals surface area contributed by atoms with E-state index in [0.29, 0.717) is 0 Å². The minimum absolute atomic E-state index is 1.07. The molecule has 1 N–H and O–H groups in total. The van der Waals surface area contributed by atoms with Gasteiger partial charge in [-0.05, 0) is 17.4 Å². The van der Waals surface area contributed by atoms with Gasteiger partial charge in [0, 0.05) is 11.5 Å². The molecule has 0 aliphatic carbocycles. The summed E-state index contributed by atoms with van der Waals surface area (Å²) in [5, 5.41) is 2.21. The average molecular weight is 145 g/mol. The second-order valence-electron chi connectivity index (χ2n) is 2.15. The fourth-order valence-corrected chi connectivity index (χ4v) is 0.929. The van der Waals surface area contributed by atoms with Crippen molar-refractivity contribution >= 4 is 12.2 Å². The van der Waals surface area contributed by atoms with E-state index in [9.17, 15) is 0 Å². The molecule has 0 radical (unpaired) electrons. The number of aromatic amines is 1. The lowest BCUT2D eigenvalue weighted by molar-refractivity contribution is 1.32. The van der Waals surface area contributed by atoms with Gasteiger partial charge < -0.3 is 4.98 Å². The third kappa shape index (κ3) is 1.71. The first kappa shape index (κ1) is 7.61. The molecule has 1 aromatic rings. The molecular formula is C10H11N. The summed E-state index contributed by atoms with van der Waals surface area (Å²) in [7, 11) is 0. The first-order valence-electron chi connectivity index (χ1n) is 3.47. The molecule has 56 valence electrons. The molecule has 0 bridgehead atoms. The van der Waals surface area contributed by atoms with Crippen molar-refractivity contribution in [3.8, 4) is 0 Å². The van der Waals surface area contributed by atoms with Crippen LogP contribution in [0.3, 0.4) is 0 Å². The summed E-state index contributed by atoms with van der Waals surface area (Å²) in [6, 6.07) is 2.00. The summed E-state index contributed by atoms with van der Waals surface area (Å²) in [6.45, 7) is 7.25. The number of hydrogen-bond donors (Lipinski definition) is 1. The van der Waals surface area contributed by atoms with Crippen LogP contribution < -0.4 is 10.6 Å². The lowest BCUT2D eigenvalue weighted by Gasteiger charge is -1.75. The van der Waals surface area contributed by atoms with E-state index in [0.717, 1.165) is 10.6 Å². The van der Waals surface area contributed by atoms with E-state index >= 15 is 0 Å². The lowest BCUT2D eigenvalue weighted by Crippen LogP contribution is -2.20. The fourth-order valence-electron chi connectivity index (χ4n) is 0.929. The third-order valence-corrected chi connectivity index (χ3v) is 1.39. The molecule has 1 heteroatoms. The number of rotatable bonds is 2. The maximum absolute atomic E-state index is 3.63. The molecular weight excluding hydrogens is 134 g/mol. The van der Waals surface area contributed by atoms with Gasteiger partial charge in [0.15, 0.2) is 0 Å². The SMILES string of the molecule is C=C/C=c1/cc[nH]/c1=C/C=C. The monoisotopic (exact) mass is 145 g/mol. The summed E-state index contributed by atoms with van der Waals surface area (Å²) in [6.07, 6.45) is 9.29. The van der Waals surface area contributed by atoms with Crippen molar-refractivity contribution < 1.29 is 0 Å². The van der Waals surface area contributed by atoms with Crippen LogP contribution in [-0.4, -0.2) is 4.98 Å². The van der Waals surface area contributed by atoms with Gasteiger partial charge in [-0.25, -0.2) is 0 Å². The predicted molar refractivity (Wildman–Crippen MR) is 49.4 cm³/mol. The van der Waals surface area contributed by atoms with E-state index in [1.54, 1.807) is 12.2 Å². The van der Waals surface area contributed by atoms with Gasteiger partial charge in [0.05, 0.1) is 0 Å². The zero-order valence-electron chi connectivity index (χ0n) is 6.38. The highest BCUT2D eigenvalue weighted by Crippen LogP contribution is 1.68. The summed E-state index contributed by atoms with van der Waals surface area (Å²) in [5.41, 5.74) is 0. The number of aromatic nitrogens is 1. The Balaban J connectivity index is 3.38. The minimum atomic E-state index is 1.07. The number of nitrogens with one attached hydrogen (secondary N) is 1. The van der Waals surface area contributed by atoms with Gasteiger partial charge in [0.1, 0.15) is 0 Å². The molecule has 0 saturated heterocycles. The minimum Gasteiger partial charge on any atom is -0.361 e. The second kappa shape index (κ2) is 3.62. The molecule has 0 aliphatic rings. The van der Waals surface area contributed by atoms with Crippen molar-refractivity contribution in [3.63, 3.8) is 0 Å². The van der Waals surface area contributed by atoms with Crippen molar-refractivity contribution in [2.45, 2.75) is 0 Å². The Morgan fingerprint density at radius 3 is 2.55 bits per heavy atom. The number of hydrogen-bond acceptors (Lipinski definition) is 0. The Morgan fingerprint density at radius 1 is 1.18 bits per heavy atom. The van der Waals surface area contributed by atoms with Crippen molar-refractivity contribution in [2.24, 2.45) is 0 Å². The van der Waals surface area contributed by atoms with Crippen LogP contribution in [0.4, 0.5) is 0 Å². The Kier molecular flexibility index (Phi) is 2.50. The van der Waals surface area contributed by atoms with Gasteiger partial charge in [0.25, 0.3) is 0 Å². The normalized spacial score (nSPS) is 13.5. The summed E-state index contributed by atoms with van der Waals surface area (Å²) in [4.78, 5) is 3.09. The van der Waals surface area contributed by atoms with Crippen LogP contribution in [0.25, 0.3) is 12.2 Å². The summed E-state index contributed by atoms with van der Waals surface area (Å²) in [5.74, 6) is 0. The third-order valence-electron chi connectivity index (χ3n) is 1.39. The van der Waals surface area contributed by atoms with Crippen LogP contribution in [0.15, 0.2) is 37.6 Å². The van der Waals surface area contributed by atoms with Crippen LogP contribution >= 0.6 is 0 Å². The maximum Gasteiger partial charge on any atom is 0.0453 e. The first-order valence-corrected chi connectivity index (χ1v) is 3.47. The fraction of sp³-hybridized carbons (Fsp3) is 0. The van der Waals surface area contributed by atoms with Crippen molar-refractivity contribution in [1.82, 2.24) is 4.98 Å². The smallest absolute Gasteiger partial charge is 0.0453 e. The molecule has 0 saturated carbocycles. The van der Waals surface area contributed by atoms with Gasteiger partial charge in [0.2, 0.25) is 0 Å². The summed E-state index contributed by atoms with van der Waals surface area (Å²) < 4.78 is 0. The standard InChI is InChI=1S/C10H11N/c1-3-5-9-7-8-11-10(9)6-4-2/h3-8,11H,1-2H2/b9-5-,10-6+. The van der Waals surface area contributed by atoms with Crippen LogP contribution in [-0.2, 0) is 0 Å². The van der Waals surface area contributed by atoms with Gasteiger partial charge in [-0.1, -0.05) is 31.4 Å². The topological polar surface area (TPSA) is 15.8 Å². The van der Waals surface area contributed by atoms with Gasteiger partial charge >= 0.3 is 0 Å². The van der Waals surface area contributed by atoms with E-state index in [1.807, 2.05) is 24.4 Å². The van der Waals surface area contributed by atoms with E-state index in [2.05, 4.69) is 18.1 Å². The van der Waals surface area contributed by atoms with Crippen LogP contribution in [0.5, 0.6) is 0 Å². The Labute approximate surface area is 66.1 Å². The Hall–Kier alpha value is -1.50. The van der Waals surface area contributed by atoms with E-state index in [1.165, 1.54) is 0 Å². The second-order valence-corrected chi connectivity index (χ2v) is 2.15. The molecule has 0 atom stereocenters. The first-order chi connectivity index (χ1) is 5.38.